The van der Waals surface area contributed by atoms with E-state index in [0.29, 0.717) is 31.6 Å². The largest absolute Gasteiger partial charge is 0.479 e. The number of amides is 1. The first-order chi connectivity index (χ1) is 9.56. The Labute approximate surface area is 116 Å². The molecule has 2 heterocycles. The van der Waals surface area contributed by atoms with Gasteiger partial charge in [-0.15, -0.1) is 0 Å². The van der Waals surface area contributed by atoms with E-state index in [9.17, 15) is 14.7 Å². The first-order valence-corrected chi connectivity index (χ1v) is 6.53. The number of carboxylic acids is 1. The SMILES string of the molecule is CCc1ocnc1C(=O)N1CCCC1(COC)C(=O)O. The molecule has 1 aromatic rings. The molecule has 1 unspecified atom stereocenters. The van der Waals surface area contributed by atoms with Gasteiger partial charge in [-0.25, -0.2) is 9.78 Å². The van der Waals surface area contributed by atoms with Gasteiger partial charge in [-0.1, -0.05) is 6.92 Å². The minimum Gasteiger partial charge on any atom is -0.479 e. The number of nitrogens with zero attached hydrogens (tertiary/aromatic N) is 2. The van der Waals surface area contributed by atoms with Gasteiger partial charge in [0.05, 0.1) is 6.61 Å². The van der Waals surface area contributed by atoms with E-state index in [0.717, 1.165) is 0 Å². The minimum absolute atomic E-state index is 0.0343. The summed E-state index contributed by atoms with van der Waals surface area (Å²) in [6, 6.07) is 0. The number of rotatable bonds is 5. The molecule has 1 amide bonds. The van der Waals surface area contributed by atoms with Crippen LogP contribution < -0.4 is 0 Å². The Hall–Kier alpha value is -1.89. The van der Waals surface area contributed by atoms with Crippen LogP contribution in [-0.4, -0.2) is 52.7 Å². The van der Waals surface area contributed by atoms with Gasteiger partial charge in [0.15, 0.2) is 17.6 Å². The van der Waals surface area contributed by atoms with E-state index in [2.05, 4.69) is 4.98 Å². The number of aryl methyl sites for hydroxylation is 1. The van der Waals surface area contributed by atoms with E-state index in [1.807, 2.05) is 6.92 Å². The Morgan fingerprint density at radius 3 is 2.95 bits per heavy atom. The third-order valence-electron chi connectivity index (χ3n) is 3.68. The number of methoxy groups -OCH3 is 1. The van der Waals surface area contributed by atoms with Gasteiger partial charge >= 0.3 is 5.97 Å². The second-order valence-corrected chi connectivity index (χ2v) is 4.81. The zero-order valence-corrected chi connectivity index (χ0v) is 11.6. The van der Waals surface area contributed by atoms with E-state index in [4.69, 9.17) is 9.15 Å². The Morgan fingerprint density at radius 2 is 2.35 bits per heavy atom. The van der Waals surface area contributed by atoms with Gasteiger partial charge in [-0.2, -0.15) is 0 Å². The van der Waals surface area contributed by atoms with Gasteiger partial charge in [0.25, 0.3) is 5.91 Å². The van der Waals surface area contributed by atoms with Crippen LogP contribution in [0.25, 0.3) is 0 Å². The number of carbonyl (C=O) groups excluding carboxylic acids is 1. The van der Waals surface area contributed by atoms with Crippen LogP contribution in [0.4, 0.5) is 0 Å². The number of carboxylic acid groups (broad SMARTS) is 1. The van der Waals surface area contributed by atoms with Crippen molar-refractivity contribution in [2.45, 2.75) is 31.7 Å². The molecule has 1 atom stereocenters. The molecule has 1 N–H and O–H groups in total. The maximum absolute atomic E-state index is 12.6. The molecule has 1 fully saturated rings. The summed E-state index contributed by atoms with van der Waals surface area (Å²) in [5, 5.41) is 9.52. The molecule has 0 saturated carbocycles. The van der Waals surface area contributed by atoms with Gasteiger partial charge in [0.2, 0.25) is 0 Å². The predicted octanol–water partition coefficient (Wildman–Crippen LogP) is 0.943. The summed E-state index contributed by atoms with van der Waals surface area (Å²) in [5.74, 6) is -0.988. The molecule has 0 bridgehead atoms. The smallest absolute Gasteiger partial charge is 0.332 e. The average molecular weight is 282 g/mol. The molecule has 1 saturated heterocycles. The quantitative estimate of drug-likeness (QED) is 0.864. The van der Waals surface area contributed by atoms with Crippen LogP contribution in [0.2, 0.25) is 0 Å². The molecule has 20 heavy (non-hydrogen) atoms. The highest BCUT2D eigenvalue weighted by atomic mass is 16.5. The lowest BCUT2D eigenvalue weighted by atomic mass is 9.97. The van der Waals surface area contributed by atoms with Crippen molar-refractivity contribution in [2.75, 3.05) is 20.3 Å². The summed E-state index contributed by atoms with van der Waals surface area (Å²) in [6.07, 6.45) is 2.74. The molecule has 0 radical (unpaired) electrons. The van der Waals surface area contributed by atoms with E-state index in [1.54, 1.807) is 0 Å². The highest BCUT2D eigenvalue weighted by Crippen LogP contribution is 2.32. The molecule has 7 nitrogen and oxygen atoms in total. The molecule has 1 aliphatic rings. The van der Waals surface area contributed by atoms with E-state index in [-0.39, 0.29) is 12.3 Å². The maximum atomic E-state index is 12.6. The summed E-state index contributed by atoms with van der Waals surface area (Å²) in [7, 11) is 1.43. The van der Waals surface area contributed by atoms with Crippen molar-refractivity contribution in [3.8, 4) is 0 Å². The van der Waals surface area contributed by atoms with Gasteiger partial charge in [-0.05, 0) is 12.8 Å². The summed E-state index contributed by atoms with van der Waals surface area (Å²) >= 11 is 0. The lowest BCUT2D eigenvalue weighted by Gasteiger charge is -2.33. The molecular formula is C13H18N2O5. The first-order valence-electron chi connectivity index (χ1n) is 6.53. The van der Waals surface area contributed by atoms with E-state index >= 15 is 0 Å². The van der Waals surface area contributed by atoms with Crippen LogP contribution in [0, 0.1) is 0 Å². The van der Waals surface area contributed by atoms with Crippen molar-refractivity contribution in [1.29, 1.82) is 0 Å². The number of aromatic nitrogens is 1. The third-order valence-corrected chi connectivity index (χ3v) is 3.68. The van der Waals surface area contributed by atoms with Crippen molar-refractivity contribution >= 4 is 11.9 Å². The first kappa shape index (κ1) is 14.5. The number of aliphatic carboxylic acids is 1. The van der Waals surface area contributed by atoms with Crippen molar-refractivity contribution in [1.82, 2.24) is 9.88 Å². The Balaban J connectivity index is 2.35. The molecular weight excluding hydrogens is 264 g/mol. The van der Waals surface area contributed by atoms with Crippen molar-refractivity contribution in [3.05, 3.63) is 17.8 Å². The molecule has 0 aromatic carbocycles. The molecule has 0 aliphatic carbocycles. The Morgan fingerprint density at radius 1 is 1.60 bits per heavy atom. The van der Waals surface area contributed by atoms with Crippen LogP contribution in [-0.2, 0) is 16.0 Å². The molecule has 110 valence electrons. The van der Waals surface area contributed by atoms with Crippen molar-refractivity contribution < 1.29 is 23.8 Å². The van der Waals surface area contributed by atoms with Gasteiger partial charge in [0.1, 0.15) is 5.76 Å². The molecule has 2 rings (SSSR count). The molecule has 7 heteroatoms. The molecule has 0 spiro atoms. The summed E-state index contributed by atoms with van der Waals surface area (Å²) in [4.78, 5) is 29.5. The second kappa shape index (κ2) is 5.62. The van der Waals surface area contributed by atoms with Gasteiger partial charge < -0.3 is 19.2 Å². The standard InChI is InChI=1S/C13H18N2O5/c1-3-9-10(14-8-20-9)11(16)15-6-4-5-13(15,7-19-2)12(17)18/h8H,3-7H2,1-2H3,(H,17,18). The Bertz CT molecular complexity index is 513. The van der Waals surface area contributed by atoms with Crippen LogP contribution >= 0.6 is 0 Å². The topological polar surface area (TPSA) is 92.9 Å². The lowest BCUT2D eigenvalue weighted by Crippen LogP contribution is -2.56. The fourth-order valence-electron chi connectivity index (χ4n) is 2.67. The maximum Gasteiger partial charge on any atom is 0.332 e. The number of carbonyl (C=O) groups is 2. The summed E-state index contributed by atoms with van der Waals surface area (Å²) < 4.78 is 10.2. The average Bonchev–Trinajstić information content (AvgIpc) is 3.05. The highest BCUT2D eigenvalue weighted by Gasteiger charge is 2.51. The third kappa shape index (κ3) is 2.18. The van der Waals surface area contributed by atoms with E-state index in [1.165, 1.54) is 18.4 Å². The monoisotopic (exact) mass is 282 g/mol. The summed E-state index contributed by atoms with van der Waals surface area (Å²) in [6.45, 7) is 2.19. The van der Waals surface area contributed by atoms with Gasteiger partial charge in [-0.3, -0.25) is 4.79 Å². The molecule has 1 aliphatic heterocycles. The fourth-order valence-corrected chi connectivity index (χ4v) is 2.67. The number of hydrogen-bond donors (Lipinski definition) is 1. The normalized spacial score (nSPS) is 22.2. The number of hydrogen-bond acceptors (Lipinski definition) is 5. The van der Waals surface area contributed by atoms with Crippen LogP contribution in [0.5, 0.6) is 0 Å². The lowest BCUT2D eigenvalue weighted by molar-refractivity contribution is -0.151. The second-order valence-electron chi connectivity index (χ2n) is 4.81. The van der Waals surface area contributed by atoms with Crippen LogP contribution in [0.3, 0.4) is 0 Å². The zero-order valence-electron chi connectivity index (χ0n) is 11.6. The fraction of sp³-hybridized carbons (Fsp3) is 0.615. The number of oxazole rings is 1. The number of ether oxygens (including phenoxy) is 1. The van der Waals surface area contributed by atoms with Gasteiger partial charge in [0, 0.05) is 20.1 Å². The Kier molecular flexibility index (Phi) is 4.08. The highest BCUT2D eigenvalue weighted by molar-refractivity contribution is 5.97. The van der Waals surface area contributed by atoms with Crippen molar-refractivity contribution in [2.24, 2.45) is 0 Å². The number of likely N-dealkylation sites (tertiary alicyclic amines) is 1. The zero-order chi connectivity index (χ0) is 14.8. The molecule has 1 aromatic heterocycles. The summed E-state index contributed by atoms with van der Waals surface area (Å²) in [5.41, 5.74) is -1.12. The predicted molar refractivity (Wildman–Crippen MR) is 68.4 cm³/mol. The van der Waals surface area contributed by atoms with Crippen LogP contribution in [0.15, 0.2) is 10.8 Å². The van der Waals surface area contributed by atoms with Crippen LogP contribution in [0.1, 0.15) is 36.0 Å². The minimum atomic E-state index is -1.31. The van der Waals surface area contributed by atoms with Crippen molar-refractivity contribution in [3.63, 3.8) is 0 Å². The van der Waals surface area contributed by atoms with E-state index < -0.39 is 17.4 Å².